The highest BCUT2D eigenvalue weighted by atomic mass is 35.5. The van der Waals surface area contributed by atoms with E-state index in [1.165, 1.54) is 26.4 Å². The summed E-state index contributed by atoms with van der Waals surface area (Å²) in [7, 11) is 2.90. The smallest absolute Gasteiger partial charge is 0.417 e. The second kappa shape index (κ2) is 7.55. The molecule has 11 heteroatoms. The van der Waals surface area contributed by atoms with E-state index in [-0.39, 0.29) is 28.6 Å². The molecule has 1 amide bonds. The number of fused-ring (bicyclic) bond motifs is 1. The fraction of sp³-hybridized carbons (Fsp3) is 0.235. The summed E-state index contributed by atoms with van der Waals surface area (Å²) in [6.07, 6.45) is -3.75. The minimum absolute atomic E-state index is 0.0602. The Bertz CT molecular complexity index is 1040. The largest absolute Gasteiger partial charge is 0.493 e. The molecule has 7 nitrogen and oxygen atoms in total. The van der Waals surface area contributed by atoms with Crippen LogP contribution in [0.4, 0.5) is 13.2 Å². The Kier molecular flexibility index (Phi) is 5.32. The molecule has 0 atom stereocenters. The quantitative estimate of drug-likeness (QED) is 0.692. The van der Waals surface area contributed by atoms with E-state index in [1.807, 2.05) is 0 Å². The van der Waals surface area contributed by atoms with E-state index in [9.17, 15) is 18.0 Å². The van der Waals surface area contributed by atoms with Gasteiger partial charge < -0.3 is 14.8 Å². The molecular formula is C17H14ClF3N4O3. The van der Waals surface area contributed by atoms with Crippen molar-refractivity contribution in [1.82, 2.24) is 19.9 Å². The molecule has 0 aliphatic rings. The Morgan fingerprint density at radius 1 is 1.18 bits per heavy atom. The zero-order valence-electron chi connectivity index (χ0n) is 14.7. The number of nitrogens with one attached hydrogen (secondary N) is 1. The maximum Gasteiger partial charge on any atom is 0.417 e. The zero-order chi connectivity index (χ0) is 20.5. The van der Waals surface area contributed by atoms with Crippen LogP contribution in [0.2, 0.25) is 5.02 Å². The first-order chi connectivity index (χ1) is 13.2. The van der Waals surface area contributed by atoms with Gasteiger partial charge in [0.2, 0.25) is 0 Å². The van der Waals surface area contributed by atoms with Crippen molar-refractivity contribution < 1.29 is 27.4 Å². The lowest BCUT2D eigenvalue weighted by Gasteiger charge is -2.10. The lowest BCUT2D eigenvalue weighted by molar-refractivity contribution is -0.137. The highest BCUT2D eigenvalue weighted by Gasteiger charge is 2.32. The number of aromatic nitrogens is 3. The zero-order valence-corrected chi connectivity index (χ0v) is 15.4. The van der Waals surface area contributed by atoms with Crippen LogP contribution in [-0.2, 0) is 12.7 Å². The third-order valence-electron chi connectivity index (χ3n) is 3.91. The number of carbonyl (C=O) groups excluding carboxylic acids is 1. The number of rotatable bonds is 5. The van der Waals surface area contributed by atoms with E-state index in [2.05, 4.69) is 15.5 Å². The molecule has 148 valence electrons. The molecule has 1 N–H and O–H groups in total. The first-order valence-corrected chi connectivity index (χ1v) is 8.23. The maximum atomic E-state index is 13.0. The Hall–Kier alpha value is -3.01. The van der Waals surface area contributed by atoms with E-state index in [4.69, 9.17) is 21.1 Å². The van der Waals surface area contributed by atoms with E-state index < -0.39 is 17.6 Å². The second-order valence-electron chi connectivity index (χ2n) is 5.64. The molecule has 3 rings (SSSR count). The van der Waals surface area contributed by atoms with Gasteiger partial charge in [0.25, 0.3) is 5.91 Å². The monoisotopic (exact) mass is 414 g/mol. The van der Waals surface area contributed by atoms with Crippen LogP contribution >= 0.6 is 11.6 Å². The van der Waals surface area contributed by atoms with Gasteiger partial charge >= 0.3 is 6.18 Å². The highest BCUT2D eigenvalue weighted by Crippen LogP contribution is 2.32. The van der Waals surface area contributed by atoms with Gasteiger partial charge in [0, 0.05) is 11.8 Å². The molecule has 0 aliphatic heterocycles. The van der Waals surface area contributed by atoms with Gasteiger partial charge in [-0.05, 0) is 24.3 Å². The molecule has 3 aromatic rings. The summed E-state index contributed by atoms with van der Waals surface area (Å²) < 4.78 is 50.3. The van der Waals surface area contributed by atoms with Crippen molar-refractivity contribution in [1.29, 1.82) is 0 Å². The predicted octanol–water partition coefficient (Wildman–Crippen LogP) is 3.35. The fourth-order valence-electron chi connectivity index (χ4n) is 2.51. The molecule has 0 spiro atoms. The number of ether oxygens (including phenoxy) is 2. The van der Waals surface area contributed by atoms with Crippen molar-refractivity contribution in [2.45, 2.75) is 12.7 Å². The van der Waals surface area contributed by atoms with Crippen LogP contribution < -0.4 is 14.8 Å². The van der Waals surface area contributed by atoms with Gasteiger partial charge in [-0.1, -0.05) is 11.6 Å². The Morgan fingerprint density at radius 3 is 2.54 bits per heavy atom. The van der Waals surface area contributed by atoms with Gasteiger partial charge in [0.05, 0.1) is 31.4 Å². The van der Waals surface area contributed by atoms with E-state index in [0.717, 1.165) is 16.7 Å². The van der Waals surface area contributed by atoms with E-state index in [0.29, 0.717) is 11.5 Å². The number of nitrogens with zero attached hydrogens (tertiary/aromatic N) is 3. The topological polar surface area (TPSA) is 77.8 Å². The minimum Gasteiger partial charge on any atom is -0.493 e. The van der Waals surface area contributed by atoms with Crippen LogP contribution in [0.1, 0.15) is 21.7 Å². The molecule has 0 unspecified atom stereocenters. The van der Waals surface area contributed by atoms with Crippen molar-refractivity contribution >= 4 is 23.2 Å². The Labute approximate surface area is 162 Å². The fourth-order valence-corrected chi connectivity index (χ4v) is 2.76. The molecule has 0 aliphatic carbocycles. The van der Waals surface area contributed by atoms with Crippen molar-refractivity contribution in [3.63, 3.8) is 0 Å². The number of carbonyl (C=O) groups is 1. The van der Waals surface area contributed by atoms with Crippen molar-refractivity contribution in [2.24, 2.45) is 0 Å². The molecule has 28 heavy (non-hydrogen) atoms. The lowest BCUT2D eigenvalue weighted by Crippen LogP contribution is -2.24. The summed E-state index contributed by atoms with van der Waals surface area (Å²) in [6, 6.07) is 5.35. The standard InChI is InChI=1S/C17H14ClF3N4O3/c1-27-12-4-3-9(5-13(12)28-2)16(26)22-7-14-23-24-15-11(18)6-10(8-25(14)15)17(19,20)21/h3-6,8H,7H2,1-2H3,(H,22,26). The number of hydrogen-bond donors (Lipinski definition) is 1. The van der Waals surface area contributed by atoms with Gasteiger partial charge in [0.1, 0.15) is 0 Å². The summed E-state index contributed by atoms with van der Waals surface area (Å²) in [5, 5.41) is 9.96. The predicted molar refractivity (Wildman–Crippen MR) is 93.7 cm³/mol. The van der Waals surface area contributed by atoms with Crippen LogP contribution in [-0.4, -0.2) is 34.7 Å². The molecule has 0 radical (unpaired) electrons. The van der Waals surface area contributed by atoms with Gasteiger partial charge in [-0.15, -0.1) is 10.2 Å². The summed E-state index contributed by atoms with van der Waals surface area (Å²) >= 11 is 5.87. The van der Waals surface area contributed by atoms with E-state index >= 15 is 0 Å². The lowest BCUT2D eigenvalue weighted by atomic mass is 10.2. The van der Waals surface area contributed by atoms with Gasteiger partial charge in [0.15, 0.2) is 23.0 Å². The molecule has 2 heterocycles. The van der Waals surface area contributed by atoms with Crippen LogP contribution in [0.15, 0.2) is 30.5 Å². The molecule has 0 saturated heterocycles. The third-order valence-corrected chi connectivity index (χ3v) is 4.19. The molecule has 0 saturated carbocycles. The second-order valence-corrected chi connectivity index (χ2v) is 6.04. The minimum atomic E-state index is -4.58. The first kappa shape index (κ1) is 19.7. The molecule has 0 bridgehead atoms. The molecule has 1 aromatic carbocycles. The highest BCUT2D eigenvalue weighted by molar-refractivity contribution is 6.33. The van der Waals surface area contributed by atoms with Crippen LogP contribution in [0, 0.1) is 0 Å². The summed E-state index contributed by atoms with van der Waals surface area (Å²) in [5.74, 6) is 0.439. The van der Waals surface area contributed by atoms with Crippen molar-refractivity contribution in [3.8, 4) is 11.5 Å². The molecular weight excluding hydrogens is 401 g/mol. The number of pyridine rings is 1. The number of hydrogen-bond acceptors (Lipinski definition) is 5. The maximum absolute atomic E-state index is 13.0. The number of methoxy groups -OCH3 is 2. The van der Waals surface area contributed by atoms with Gasteiger partial charge in [-0.25, -0.2) is 0 Å². The van der Waals surface area contributed by atoms with Crippen LogP contribution in [0.5, 0.6) is 11.5 Å². The van der Waals surface area contributed by atoms with Crippen LogP contribution in [0.25, 0.3) is 5.65 Å². The number of benzene rings is 1. The molecule has 0 fully saturated rings. The van der Waals surface area contributed by atoms with Crippen molar-refractivity contribution in [2.75, 3.05) is 14.2 Å². The SMILES string of the molecule is COc1ccc(C(=O)NCc2nnc3c(Cl)cc(C(F)(F)F)cn23)cc1OC. The average molecular weight is 415 g/mol. The summed E-state index contributed by atoms with van der Waals surface area (Å²) in [6.45, 7) is -0.161. The number of halogens is 4. The number of alkyl halides is 3. The Morgan fingerprint density at radius 2 is 1.89 bits per heavy atom. The number of amides is 1. The average Bonchev–Trinajstić information content (AvgIpc) is 3.08. The summed E-state index contributed by atoms with van der Waals surface area (Å²) in [5.41, 5.74) is -0.609. The van der Waals surface area contributed by atoms with E-state index in [1.54, 1.807) is 6.07 Å². The van der Waals surface area contributed by atoms with Gasteiger partial charge in [-0.2, -0.15) is 13.2 Å². The molecule has 2 aromatic heterocycles. The van der Waals surface area contributed by atoms with Gasteiger partial charge in [-0.3, -0.25) is 9.20 Å². The Balaban J connectivity index is 1.84. The summed E-state index contributed by atoms with van der Waals surface area (Å²) in [4.78, 5) is 12.4. The first-order valence-electron chi connectivity index (χ1n) is 7.85. The van der Waals surface area contributed by atoms with Crippen molar-refractivity contribution in [3.05, 3.63) is 52.4 Å². The normalized spacial score (nSPS) is 11.5. The third kappa shape index (κ3) is 3.81. The van der Waals surface area contributed by atoms with Crippen LogP contribution in [0.3, 0.4) is 0 Å².